The zero-order valence-electron chi connectivity index (χ0n) is 20.2. The Labute approximate surface area is 219 Å². The van der Waals surface area contributed by atoms with Gasteiger partial charge in [-0.1, -0.05) is 72.4 Å². The summed E-state index contributed by atoms with van der Waals surface area (Å²) < 4.78 is 8.11. The number of nitrogens with zero attached hydrogens (tertiary/aromatic N) is 3. The summed E-state index contributed by atoms with van der Waals surface area (Å²) in [5.74, 6) is 0.584. The van der Waals surface area contributed by atoms with E-state index in [0.717, 1.165) is 39.0 Å². The molecule has 182 valence electrons. The van der Waals surface area contributed by atoms with Gasteiger partial charge in [-0.25, -0.2) is 0 Å². The number of ether oxygens (including phenoxy) is 1. The second-order valence-corrected chi connectivity index (χ2v) is 9.73. The van der Waals surface area contributed by atoms with E-state index < -0.39 is 5.91 Å². The first-order valence-corrected chi connectivity index (χ1v) is 12.9. The predicted octanol–water partition coefficient (Wildman–Crippen LogP) is 6.33. The number of nitrogens with one attached hydrogen (secondary N) is 1. The Balaban J connectivity index is 1.31. The molecule has 4 aromatic rings. The first-order chi connectivity index (χ1) is 18.1. The van der Waals surface area contributed by atoms with Crippen molar-refractivity contribution in [3.63, 3.8) is 0 Å². The molecule has 6 nitrogen and oxygen atoms in total. The van der Waals surface area contributed by atoms with E-state index in [1.54, 1.807) is 11.0 Å². The number of carbonyl (C=O) groups is 1. The Morgan fingerprint density at radius 1 is 1.03 bits per heavy atom. The fourth-order valence-electron chi connectivity index (χ4n) is 4.61. The molecular formula is C30H24N4O2S. The van der Waals surface area contributed by atoms with Crippen LogP contribution in [-0.2, 0) is 11.3 Å². The molecule has 0 unspecified atom stereocenters. The van der Waals surface area contributed by atoms with Crippen molar-refractivity contribution in [1.29, 1.82) is 5.41 Å². The van der Waals surface area contributed by atoms with Crippen molar-refractivity contribution in [3.8, 4) is 5.75 Å². The van der Waals surface area contributed by atoms with Gasteiger partial charge in [-0.3, -0.25) is 15.1 Å². The van der Waals surface area contributed by atoms with Gasteiger partial charge < -0.3 is 9.30 Å². The van der Waals surface area contributed by atoms with E-state index >= 15 is 0 Å². The second kappa shape index (κ2) is 9.59. The number of aliphatic imine (C=N–C) groups is 1. The minimum absolute atomic E-state index is 0.134. The molecule has 0 radical (unpaired) electrons. The van der Waals surface area contributed by atoms with Gasteiger partial charge in [-0.15, -0.1) is 0 Å². The van der Waals surface area contributed by atoms with Gasteiger partial charge >= 0.3 is 0 Å². The number of hydrogen-bond acceptors (Lipinski definition) is 4. The minimum atomic E-state index is -0.397. The predicted molar refractivity (Wildman–Crippen MR) is 151 cm³/mol. The van der Waals surface area contributed by atoms with E-state index in [0.29, 0.717) is 18.3 Å². The zero-order chi connectivity index (χ0) is 25.4. The minimum Gasteiger partial charge on any atom is -0.492 e. The molecule has 37 heavy (non-hydrogen) atoms. The maximum atomic E-state index is 13.0. The summed E-state index contributed by atoms with van der Waals surface area (Å²) in [7, 11) is 0. The van der Waals surface area contributed by atoms with E-state index in [-0.39, 0.29) is 11.4 Å². The maximum Gasteiger partial charge on any atom is 0.283 e. The van der Waals surface area contributed by atoms with Gasteiger partial charge in [0, 0.05) is 28.1 Å². The van der Waals surface area contributed by atoms with E-state index in [1.165, 1.54) is 11.8 Å². The second-order valence-electron chi connectivity index (χ2n) is 8.89. The molecule has 0 spiro atoms. The standard InChI is InChI=1S/C30H24N4O2S/c1-20-8-7-11-23(16-20)36-15-14-33-18-22(24-12-5-6-13-26(24)33)17-25-28(31)34-27(21-9-3-2-4-10-21)19-37-30(34)32-29(25)35/h2-13,16-19,31H,14-15H2,1H3/b25-17-,31-28?. The number of aryl methyl sites for hydroxylation is 1. The SMILES string of the molecule is Cc1cccc(OCCn2cc(/C=C3/C(=N)N4C(c5ccccc5)=CSC4=NC3=O)c3ccccc32)c1. The average molecular weight is 505 g/mol. The summed E-state index contributed by atoms with van der Waals surface area (Å²) in [5.41, 5.74) is 5.17. The van der Waals surface area contributed by atoms with Gasteiger partial charge in [0.25, 0.3) is 5.91 Å². The van der Waals surface area contributed by atoms with Crippen LogP contribution >= 0.6 is 11.8 Å². The van der Waals surface area contributed by atoms with Crippen LogP contribution in [0.25, 0.3) is 22.7 Å². The molecular weight excluding hydrogens is 480 g/mol. The molecule has 0 aliphatic carbocycles. The molecule has 2 aliphatic rings. The lowest BCUT2D eigenvalue weighted by atomic mass is 10.1. The lowest BCUT2D eigenvalue weighted by Gasteiger charge is -2.26. The quantitative estimate of drug-likeness (QED) is 0.311. The van der Waals surface area contributed by atoms with Crippen LogP contribution in [-0.4, -0.2) is 33.0 Å². The normalized spacial score (nSPS) is 16.2. The number of fused-ring (bicyclic) bond motifs is 2. The largest absolute Gasteiger partial charge is 0.492 e. The number of para-hydroxylation sites is 1. The van der Waals surface area contributed by atoms with Gasteiger partial charge in [-0.05, 0) is 42.3 Å². The number of carbonyl (C=O) groups excluding carboxylic acids is 1. The Hall–Kier alpha value is -4.36. The van der Waals surface area contributed by atoms with E-state index in [1.807, 2.05) is 91.3 Å². The Morgan fingerprint density at radius 3 is 2.68 bits per heavy atom. The van der Waals surface area contributed by atoms with Crippen molar-refractivity contribution in [2.24, 2.45) is 4.99 Å². The molecule has 2 aliphatic heterocycles. The molecule has 1 N–H and O–H groups in total. The van der Waals surface area contributed by atoms with E-state index in [4.69, 9.17) is 10.1 Å². The third-order valence-electron chi connectivity index (χ3n) is 6.39. The van der Waals surface area contributed by atoms with Crippen LogP contribution in [0.2, 0.25) is 0 Å². The number of rotatable bonds is 6. The van der Waals surface area contributed by atoms with Crippen LogP contribution in [0, 0.1) is 12.3 Å². The summed E-state index contributed by atoms with van der Waals surface area (Å²) in [6.45, 7) is 3.20. The van der Waals surface area contributed by atoms with Crippen LogP contribution in [0.4, 0.5) is 0 Å². The summed E-state index contributed by atoms with van der Waals surface area (Å²) in [5, 5.41) is 12.4. The van der Waals surface area contributed by atoms with Crippen LogP contribution in [0.3, 0.4) is 0 Å². The molecule has 6 rings (SSSR count). The first-order valence-electron chi connectivity index (χ1n) is 12.0. The van der Waals surface area contributed by atoms with Crippen molar-refractivity contribution < 1.29 is 9.53 Å². The highest BCUT2D eigenvalue weighted by molar-refractivity contribution is 8.17. The van der Waals surface area contributed by atoms with Crippen LogP contribution < -0.4 is 4.74 Å². The summed E-state index contributed by atoms with van der Waals surface area (Å²) in [6, 6.07) is 26.0. The maximum absolute atomic E-state index is 13.0. The van der Waals surface area contributed by atoms with Crippen LogP contribution in [0.15, 0.2) is 101 Å². The molecule has 0 saturated carbocycles. The molecule has 0 atom stereocenters. The first kappa shape index (κ1) is 23.1. The Kier molecular flexibility index (Phi) is 5.98. The molecule has 0 saturated heterocycles. The smallest absolute Gasteiger partial charge is 0.283 e. The number of hydrogen-bond donors (Lipinski definition) is 1. The highest BCUT2D eigenvalue weighted by Gasteiger charge is 2.36. The monoisotopic (exact) mass is 504 g/mol. The summed E-state index contributed by atoms with van der Waals surface area (Å²) in [4.78, 5) is 19.1. The number of aromatic nitrogens is 1. The van der Waals surface area contributed by atoms with Crippen molar-refractivity contribution in [1.82, 2.24) is 9.47 Å². The van der Waals surface area contributed by atoms with Crippen LogP contribution in [0.1, 0.15) is 16.7 Å². The van der Waals surface area contributed by atoms with Crippen molar-refractivity contribution >= 4 is 51.3 Å². The number of benzene rings is 3. The third-order valence-corrected chi connectivity index (χ3v) is 7.22. The summed E-state index contributed by atoms with van der Waals surface area (Å²) in [6.07, 6.45) is 3.81. The van der Waals surface area contributed by atoms with Gasteiger partial charge in [0.15, 0.2) is 5.17 Å². The van der Waals surface area contributed by atoms with Gasteiger partial charge in [-0.2, -0.15) is 4.99 Å². The fourth-order valence-corrected chi connectivity index (χ4v) is 5.50. The molecule has 7 heteroatoms. The Bertz CT molecular complexity index is 1630. The van der Waals surface area contributed by atoms with E-state index in [9.17, 15) is 4.79 Å². The average Bonchev–Trinajstić information content (AvgIpc) is 3.49. The highest BCUT2D eigenvalue weighted by Crippen LogP contribution is 2.37. The molecule has 3 aromatic carbocycles. The number of amidine groups is 2. The van der Waals surface area contributed by atoms with Crippen LogP contribution in [0.5, 0.6) is 5.75 Å². The van der Waals surface area contributed by atoms with Crippen molar-refractivity contribution in [3.05, 3.63) is 113 Å². The molecule has 1 aromatic heterocycles. The number of thioether (sulfide) groups is 1. The molecule has 1 amide bonds. The zero-order valence-corrected chi connectivity index (χ0v) is 21.0. The molecule has 0 fully saturated rings. The fraction of sp³-hybridized carbons (Fsp3) is 0.100. The van der Waals surface area contributed by atoms with Crippen molar-refractivity contribution in [2.45, 2.75) is 13.5 Å². The Morgan fingerprint density at radius 2 is 1.84 bits per heavy atom. The van der Waals surface area contributed by atoms with E-state index in [2.05, 4.69) is 15.6 Å². The highest BCUT2D eigenvalue weighted by atomic mass is 32.2. The lowest BCUT2D eigenvalue weighted by molar-refractivity contribution is -0.114. The van der Waals surface area contributed by atoms with Gasteiger partial charge in [0.2, 0.25) is 0 Å². The van der Waals surface area contributed by atoms with Crippen molar-refractivity contribution in [2.75, 3.05) is 6.61 Å². The summed E-state index contributed by atoms with van der Waals surface area (Å²) >= 11 is 1.37. The third kappa shape index (κ3) is 4.38. The molecule has 0 bridgehead atoms. The number of amides is 1. The topological polar surface area (TPSA) is 70.7 Å². The van der Waals surface area contributed by atoms with Gasteiger partial charge in [0.1, 0.15) is 18.2 Å². The molecule has 3 heterocycles. The lowest BCUT2D eigenvalue weighted by Crippen LogP contribution is -2.38. The van der Waals surface area contributed by atoms with Gasteiger partial charge in [0.05, 0.1) is 17.8 Å².